The maximum atomic E-state index is 11.5. The molecule has 3 N–H and O–H groups in total. The average molecular weight is 214 g/mol. The predicted molar refractivity (Wildman–Crippen MR) is 59.6 cm³/mol. The van der Waals surface area contributed by atoms with Gasteiger partial charge in [-0.05, 0) is 47.1 Å². The zero-order valence-corrected chi connectivity index (χ0v) is 10.1. The summed E-state index contributed by atoms with van der Waals surface area (Å²) in [6.45, 7) is 8.18. The summed E-state index contributed by atoms with van der Waals surface area (Å²) < 4.78 is 5.18. The van der Waals surface area contributed by atoms with Gasteiger partial charge < -0.3 is 15.8 Å². The molecular formula is C11H22N2O2. The summed E-state index contributed by atoms with van der Waals surface area (Å²) in [5.74, 6) is 0. The second kappa shape index (κ2) is 4.00. The molecule has 1 unspecified atom stereocenters. The smallest absolute Gasteiger partial charge is 0.407 e. The summed E-state index contributed by atoms with van der Waals surface area (Å²) in [4.78, 5) is 11.5. The van der Waals surface area contributed by atoms with E-state index in [1.165, 1.54) is 0 Å². The number of nitrogens with two attached hydrogens (primary N) is 1. The zero-order chi connectivity index (χ0) is 11.7. The predicted octanol–water partition coefficient (Wildman–Crippen LogP) is 1.64. The summed E-state index contributed by atoms with van der Waals surface area (Å²) in [7, 11) is 0. The van der Waals surface area contributed by atoms with Crippen LogP contribution in [0.1, 0.15) is 40.5 Å². The molecule has 15 heavy (non-hydrogen) atoms. The fourth-order valence-corrected chi connectivity index (χ4v) is 1.61. The minimum atomic E-state index is -0.441. The quantitative estimate of drug-likeness (QED) is 0.750. The summed E-state index contributed by atoms with van der Waals surface area (Å²) in [5, 5.41) is 2.85. The van der Waals surface area contributed by atoms with E-state index < -0.39 is 5.60 Å². The fraction of sp³-hybridized carbons (Fsp3) is 0.909. The van der Waals surface area contributed by atoms with E-state index in [1.54, 1.807) is 0 Å². The molecule has 0 saturated heterocycles. The number of carbonyl (C=O) groups excluding carboxylic acids is 1. The van der Waals surface area contributed by atoms with Crippen LogP contribution in [0.15, 0.2) is 0 Å². The lowest BCUT2D eigenvalue weighted by atomic mass is 9.98. The molecule has 1 atom stereocenters. The van der Waals surface area contributed by atoms with E-state index in [1.807, 2.05) is 27.7 Å². The summed E-state index contributed by atoms with van der Waals surface area (Å²) in [6.07, 6.45) is 1.84. The van der Waals surface area contributed by atoms with Crippen LogP contribution in [-0.2, 0) is 4.74 Å². The number of ether oxygens (including phenoxy) is 1. The third-order valence-electron chi connectivity index (χ3n) is 2.95. The Kier molecular flexibility index (Phi) is 3.28. The number of hydrogen-bond donors (Lipinski definition) is 2. The zero-order valence-electron chi connectivity index (χ0n) is 10.1. The van der Waals surface area contributed by atoms with Crippen molar-refractivity contribution < 1.29 is 9.53 Å². The lowest BCUT2D eigenvalue weighted by Gasteiger charge is -2.26. The molecule has 1 rings (SSSR count). The molecule has 0 aromatic carbocycles. The molecule has 1 aliphatic rings. The van der Waals surface area contributed by atoms with Gasteiger partial charge in [0.05, 0.1) is 0 Å². The van der Waals surface area contributed by atoms with Gasteiger partial charge in [0, 0.05) is 11.5 Å². The van der Waals surface area contributed by atoms with Crippen molar-refractivity contribution in [3.8, 4) is 0 Å². The lowest BCUT2D eigenvalue weighted by molar-refractivity contribution is 0.0487. The van der Waals surface area contributed by atoms with Crippen molar-refractivity contribution in [3.63, 3.8) is 0 Å². The van der Waals surface area contributed by atoms with Crippen LogP contribution >= 0.6 is 0 Å². The highest BCUT2D eigenvalue weighted by molar-refractivity contribution is 5.68. The van der Waals surface area contributed by atoms with Crippen LogP contribution in [0.25, 0.3) is 0 Å². The van der Waals surface area contributed by atoms with Crippen LogP contribution < -0.4 is 11.1 Å². The van der Waals surface area contributed by atoms with Gasteiger partial charge in [-0.15, -0.1) is 0 Å². The Balaban J connectivity index is 2.39. The Morgan fingerprint density at radius 2 is 2.07 bits per heavy atom. The number of carbonyl (C=O) groups is 1. The number of rotatable bonds is 3. The van der Waals surface area contributed by atoms with Crippen LogP contribution in [0, 0.1) is 5.41 Å². The first-order valence-electron chi connectivity index (χ1n) is 5.49. The van der Waals surface area contributed by atoms with Gasteiger partial charge in [0.25, 0.3) is 0 Å². The number of alkyl carbamates (subject to hydrolysis) is 1. The van der Waals surface area contributed by atoms with Gasteiger partial charge >= 0.3 is 6.09 Å². The summed E-state index contributed by atoms with van der Waals surface area (Å²) in [6, 6.07) is 0.0948. The van der Waals surface area contributed by atoms with Crippen LogP contribution in [0.5, 0.6) is 0 Å². The molecule has 0 bridgehead atoms. The molecule has 88 valence electrons. The van der Waals surface area contributed by atoms with Gasteiger partial charge in [0.15, 0.2) is 0 Å². The monoisotopic (exact) mass is 214 g/mol. The second-order valence-electron chi connectivity index (χ2n) is 5.43. The highest BCUT2D eigenvalue weighted by atomic mass is 16.6. The molecule has 0 radical (unpaired) electrons. The molecule has 0 aromatic rings. The first kappa shape index (κ1) is 12.3. The van der Waals surface area contributed by atoms with E-state index in [4.69, 9.17) is 10.5 Å². The minimum Gasteiger partial charge on any atom is -0.444 e. The van der Waals surface area contributed by atoms with Gasteiger partial charge in [-0.3, -0.25) is 0 Å². The van der Waals surface area contributed by atoms with Gasteiger partial charge in [-0.25, -0.2) is 4.79 Å². The van der Waals surface area contributed by atoms with Crippen LogP contribution in [0.2, 0.25) is 0 Å². The van der Waals surface area contributed by atoms with Crippen molar-refractivity contribution in [2.45, 2.75) is 52.2 Å². The van der Waals surface area contributed by atoms with E-state index in [0.29, 0.717) is 6.54 Å². The summed E-state index contributed by atoms with van der Waals surface area (Å²) >= 11 is 0. The molecule has 0 aromatic heterocycles. The largest absolute Gasteiger partial charge is 0.444 e. The van der Waals surface area contributed by atoms with Gasteiger partial charge in [0.1, 0.15) is 5.60 Å². The average Bonchev–Trinajstić information content (AvgIpc) is 2.79. The SMILES string of the molecule is CC(NC(=O)OC(C)(C)C)C1(CN)CC1. The Morgan fingerprint density at radius 3 is 2.40 bits per heavy atom. The van der Waals surface area contributed by atoms with E-state index in [-0.39, 0.29) is 17.6 Å². The standard InChI is InChI=1S/C11H22N2O2/c1-8(11(7-12)5-6-11)13-9(14)15-10(2,3)4/h8H,5-7,12H2,1-4H3,(H,13,14). The van der Waals surface area contributed by atoms with E-state index in [0.717, 1.165) is 12.8 Å². The Labute approximate surface area is 91.5 Å². The third-order valence-corrected chi connectivity index (χ3v) is 2.95. The maximum Gasteiger partial charge on any atom is 0.407 e. The maximum absolute atomic E-state index is 11.5. The second-order valence-corrected chi connectivity index (χ2v) is 5.43. The van der Waals surface area contributed by atoms with Crippen molar-refractivity contribution >= 4 is 6.09 Å². The van der Waals surface area contributed by atoms with Crippen molar-refractivity contribution in [3.05, 3.63) is 0 Å². The molecule has 1 fully saturated rings. The molecule has 1 aliphatic carbocycles. The first-order valence-corrected chi connectivity index (χ1v) is 5.49. The highest BCUT2D eigenvalue weighted by Crippen LogP contribution is 2.47. The number of amides is 1. The normalized spacial score (nSPS) is 20.6. The lowest BCUT2D eigenvalue weighted by Crippen LogP contribution is -2.44. The van der Waals surface area contributed by atoms with E-state index >= 15 is 0 Å². The highest BCUT2D eigenvalue weighted by Gasteiger charge is 2.46. The Bertz CT molecular complexity index is 241. The minimum absolute atomic E-state index is 0.0948. The molecule has 1 amide bonds. The van der Waals surface area contributed by atoms with E-state index in [2.05, 4.69) is 5.32 Å². The van der Waals surface area contributed by atoms with Crippen molar-refractivity contribution in [2.75, 3.05) is 6.54 Å². The third kappa shape index (κ3) is 3.38. The van der Waals surface area contributed by atoms with Gasteiger partial charge in [-0.2, -0.15) is 0 Å². The fourth-order valence-electron chi connectivity index (χ4n) is 1.61. The Hall–Kier alpha value is -0.770. The molecule has 0 aliphatic heterocycles. The number of nitrogens with one attached hydrogen (secondary N) is 1. The van der Waals surface area contributed by atoms with E-state index in [9.17, 15) is 4.79 Å². The summed E-state index contributed by atoms with van der Waals surface area (Å²) in [5.41, 5.74) is 5.36. The topological polar surface area (TPSA) is 64.3 Å². The molecule has 0 heterocycles. The number of hydrogen-bond acceptors (Lipinski definition) is 3. The molecule has 1 saturated carbocycles. The van der Waals surface area contributed by atoms with Crippen LogP contribution in [0.4, 0.5) is 4.79 Å². The van der Waals surface area contributed by atoms with Crippen LogP contribution in [-0.4, -0.2) is 24.3 Å². The van der Waals surface area contributed by atoms with Crippen molar-refractivity contribution in [2.24, 2.45) is 11.1 Å². The van der Waals surface area contributed by atoms with Gasteiger partial charge in [-0.1, -0.05) is 0 Å². The van der Waals surface area contributed by atoms with Crippen molar-refractivity contribution in [1.82, 2.24) is 5.32 Å². The molecule has 0 spiro atoms. The Morgan fingerprint density at radius 1 is 1.53 bits per heavy atom. The van der Waals surface area contributed by atoms with Crippen LogP contribution in [0.3, 0.4) is 0 Å². The van der Waals surface area contributed by atoms with Gasteiger partial charge in [0.2, 0.25) is 0 Å². The van der Waals surface area contributed by atoms with Crippen molar-refractivity contribution in [1.29, 1.82) is 0 Å². The molecular weight excluding hydrogens is 192 g/mol. The molecule has 4 heteroatoms. The molecule has 4 nitrogen and oxygen atoms in total. The first-order chi connectivity index (χ1) is 6.79.